The number of carbonyl (C=O) groups excluding carboxylic acids is 2. The molecule has 0 saturated carbocycles. The summed E-state index contributed by atoms with van der Waals surface area (Å²) in [6, 6.07) is 7.51. The van der Waals surface area contributed by atoms with Gasteiger partial charge in [0.2, 0.25) is 5.88 Å². The number of ether oxygens (including phenoxy) is 3. The van der Waals surface area contributed by atoms with E-state index in [-0.39, 0.29) is 30.2 Å². The molecule has 0 saturated heterocycles. The number of hydrogen-bond acceptors (Lipinski definition) is 6. The molecule has 1 aromatic rings. The second-order valence-corrected chi connectivity index (χ2v) is 5.63. The van der Waals surface area contributed by atoms with Crippen molar-refractivity contribution in [1.29, 1.82) is 0 Å². The fraction of sp³-hybridized carbons (Fsp3) is 0.368. The molecule has 1 atom stereocenters. The molecular weight excluding hydrogens is 322 g/mol. The van der Waals surface area contributed by atoms with Crippen LogP contribution in [-0.4, -0.2) is 25.2 Å². The van der Waals surface area contributed by atoms with Gasteiger partial charge in [-0.3, -0.25) is 0 Å². The fourth-order valence-corrected chi connectivity index (χ4v) is 2.75. The standard InChI is InChI=1S/C19H23NO5/c1-5-23-18(21)14-12(4)25-17(20)16(19(22)24-6-2)15(14)13-9-7-11(3)8-10-13/h7-10,15H,5-6,20H2,1-4H3/t15-/m0/s1. The van der Waals surface area contributed by atoms with E-state index in [1.807, 2.05) is 31.2 Å². The summed E-state index contributed by atoms with van der Waals surface area (Å²) < 4.78 is 15.7. The third-order valence-electron chi connectivity index (χ3n) is 3.89. The van der Waals surface area contributed by atoms with E-state index in [0.717, 1.165) is 11.1 Å². The van der Waals surface area contributed by atoms with Crippen molar-refractivity contribution in [2.45, 2.75) is 33.6 Å². The predicted molar refractivity (Wildman–Crippen MR) is 92.2 cm³/mol. The molecule has 0 unspecified atom stereocenters. The molecular formula is C19H23NO5. The van der Waals surface area contributed by atoms with Crippen LogP contribution < -0.4 is 5.73 Å². The SMILES string of the molecule is CCOC(=O)C1=C(C)OC(N)=C(C(=O)OCC)[C@H]1c1ccc(C)cc1. The second-order valence-electron chi connectivity index (χ2n) is 5.63. The first-order chi connectivity index (χ1) is 11.9. The fourth-order valence-electron chi connectivity index (χ4n) is 2.75. The van der Waals surface area contributed by atoms with Crippen molar-refractivity contribution >= 4 is 11.9 Å². The summed E-state index contributed by atoms with van der Waals surface area (Å²) in [5, 5.41) is 0. The van der Waals surface area contributed by atoms with Gasteiger partial charge in [0.25, 0.3) is 0 Å². The van der Waals surface area contributed by atoms with E-state index >= 15 is 0 Å². The Labute approximate surface area is 147 Å². The van der Waals surface area contributed by atoms with E-state index in [4.69, 9.17) is 19.9 Å². The number of hydrogen-bond donors (Lipinski definition) is 1. The van der Waals surface area contributed by atoms with Gasteiger partial charge in [0.15, 0.2) is 0 Å². The molecule has 6 nitrogen and oxygen atoms in total. The first-order valence-electron chi connectivity index (χ1n) is 8.19. The summed E-state index contributed by atoms with van der Waals surface area (Å²) in [7, 11) is 0. The Bertz CT molecular complexity index is 691. The number of carbonyl (C=O) groups is 2. The molecule has 1 aliphatic rings. The van der Waals surface area contributed by atoms with Gasteiger partial charge >= 0.3 is 11.9 Å². The zero-order chi connectivity index (χ0) is 18.6. The van der Waals surface area contributed by atoms with Crippen LogP contribution in [0.25, 0.3) is 0 Å². The zero-order valence-electron chi connectivity index (χ0n) is 14.9. The topological polar surface area (TPSA) is 87.9 Å². The van der Waals surface area contributed by atoms with Crippen molar-refractivity contribution in [3.05, 3.63) is 58.2 Å². The number of nitrogens with two attached hydrogens (primary N) is 1. The van der Waals surface area contributed by atoms with Crippen molar-refractivity contribution in [3.63, 3.8) is 0 Å². The van der Waals surface area contributed by atoms with E-state index in [2.05, 4.69) is 0 Å². The van der Waals surface area contributed by atoms with Gasteiger partial charge in [0.1, 0.15) is 11.3 Å². The first-order valence-corrected chi connectivity index (χ1v) is 8.19. The molecule has 0 spiro atoms. The monoisotopic (exact) mass is 345 g/mol. The highest BCUT2D eigenvalue weighted by atomic mass is 16.5. The molecule has 0 aromatic heterocycles. The van der Waals surface area contributed by atoms with Crippen LogP contribution in [-0.2, 0) is 23.8 Å². The average molecular weight is 345 g/mol. The van der Waals surface area contributed by atoms with Gasteiger partial charge in [-0.25, -0.2) is 9.59 Å². The van der Waals surface area contributed by atoms with Gasteiger partial charge < -0.3 is 19.9 Å². The summed E-state index contributed by atoms with van der Waals surface area (Å²) >= 11 is 0. The molecule has 0 fully saturated rings. The first kappa shape index (κ1) is 18.6. The van der Waals surface area contributed by atoms with Crippen molar-refractivity contribution in [3.8, 4) is 0 Å². The minimum atomic E-state index is -0.701. The number of aryl methyl sites for hydroxylation is 1. The summed E-state index contributed by atoms with van der Waals surface area (Å²) in [4.78, 5) is 25.0. The minimum Gasteiger partial charge on any atom is -0.463 e. The predicted octanol–water partition coefficient (Wildman–Crippen LogP) is 2.68. The van der Waals surface area contributed by atoms with Crippen molar-refractivity contribution in [2.24, 2.45) is 5.73 Å². The lowest BCUT2D eigenvalue weighted by molar-refractivity contribution is -0.140. The van der Waals surface area contributed by atoms with Crippen molar-refractivity contribution in [2.75, 3.05) is 13.2 Å². The van der Waals surface area contributed by atoms with Gasteiger partial charge in [0, 0.05) is 0 Å². The molecule has 25 heavy (non-hydrogen) atoms. The largest absolute Gasteiger partial charge is 0.463 e. The van der Waals surface area contributed by atoms with Crippen LogP contribution in [0.1, 0.15) is 37.8 Å². The molecule has 1 aliphatic heterocycles. The lowest BCUT2D eigenvalue weighted by Gasteiger charge is -2.28. The molecule has 6 heteroatoms. The molecule has 0 bridgehead atoms. The highest BCUT2D eigenvalue weighted by Gasteiger charge is 2.39. The van der Waals surface area contributed by atoms with Crippen LogP contribution in [0.2, 0.25) is 0 Å². The quantitative estimate of drug-likeness (QED) is 0.826. The smallest absolute Gasteiger partial charge is 0.340 e. The Balaban J connectivity index is 2.61. The number of benzene rings is 1. The van der Waals surface area contributed by atoms with E-state index < -0.39 is 17.9 Å². The van der Waals surface area contributed by atoms with Crippen LogP contribution in [0, 0.1) is 6.92 Å². The summed E-state index contributed by atoms with van der Waals surface area (Å²) in [5.41, 5.74) is 8.13. The van der Waals surface area contributed by atoms with Crippen LogP contribution in [0.5, 0.6) is 0 Å². The molecule has 0 aliphatic carbocycles. The van der Waals surface area contributed by atoms with E-state index in [9.17, 15) is 9.59 Å². The molecule has 0 radical (unpaired) electrons. The molecule has 2 rings (SSSR count). The highest BCUT2D eigenvalue weighted by molar-refractivity contribution is 5.99. The highest BCUT2D eigenvalue weighted by Crippen LogP contribution is 2.40. The molecule has 1 aromatic carbocycles. The summed E-state index contributed by atoms with van der Waals surface area (Å²) in [6.45, 7) is 7.40. The maximum atomic E-state index is 12.5. The lowest BCUT2D eigenvalue weighted by atomic mass is 9.82. The van der Waals surface area contributed by atoms with Crippen LogP contribution in [0.4, 0.5) is 0 Å². The minimum absolute atomic E-state index is 0.0606. The maximum absolute atomic E-state index is 12.5. The summed E-state index contributed by atoms with van der Waals surface area (Å²) in [5.74, 6) is -1.60. The molecule has 1 heterocycles. The maximum Gasteiger partial charge on any atom is 0.340 e. The average Bonchev–Trinajstić information content (AvgIpc) is 2.55. The van der Waals surface area contributed by atoms with Crippen molar-refractivity contribution < 1.29 is 23.8 Å². The van der Waals surface area contributed by atoms with Crippen LogP contribution in [0.15, 0.2) is 47.1 Å². The zero-order valence-corrected chi connectivity index (χ0v) is 14.9. The Kier molecular flexibility index (Phi) is 5.85. The van der Waals surface area contributed by atoms with Crippen LogP contribution >= 0.6 is 0 Å². The Hall–Kier alpha value is -2.76. The van der Waals surface area contributed by atoms with Gasteiger partial charge in [-0.2, -0.15) is 0 Å². The Morgan fingerprint density at radius 2 is 1.52 bits per heavy atom. The van der Waals surface area contributed by atoms with Gasteiger partial charge in [0.05, 0.1) is 24.7 Å². The van der Waals surface area contributed by atoms with Gasteiger partial charge in [-0.15, -0.1) is 0 Å². The lowest BCUT2D eigenvalue weighted by Crippen LogP contribution is -2.30. The number of allylic oxidation sites excluding steroid dienone is 1. The second kappa shape index (κ2) is 7.88. The summed E-state index contributed by atoms with van der Waals surface area (Å²) in [6.07, 6.45) is 0. The molecule has 134 valence electrons. The van der Waals surface area contributed by atoms with Crippen LogP contribution in [0.3, 0.4) is 0 Å². The number of rotatable bonds is 5. The van der Waals surface area contributed by atoms with E-state index in [1.54, 1.807) is 20.8 Å². The normalized spacial score (nSPS) is 17.2. The third-order valence-corrected chi connectivity index (χ3v) is 3.89. The molecule has 0 amide bonds. The number of esters is 2. The van der Waals surface area contributed by atoms with Gasteiger partial charge in [-0.1, -0.05) is 29.8 Å². The van der Waals surface area contributed by atoms with E-state index in [1.165, 1.54) is 0 Å². The molecule has 2 N–H and O–H groups in total. The van der Waals surface area contributed by atoms with Gasteiger partial charge in [-0.05, 0) is 33.3 Å². The van der Waals surface area contributed by atoms with Crippen molar-refractivity contribution in [1.82, 2.24) is 0 Å². The Morgan fingerprint density at radius 3 is 2.04 bits per heavy atom. The van der Waals surface area contributed by atoms with E-state index in [0.29, 0.717) is 5.76 Å². The third kappa shape index (κ3) is 3.84. The Morgan fingerprint density at radius 1 is 1.00 bits per heavy atom.